The third kappa shape index (κ3) is 3.39. The molecule has 0 aliphatic heterocycles. The quantitative estimate of drug-likeness (QED) is 0.417. The van der Waals surface area contributed by atoms with Gasteiger partial charge in [-0.15, -0.1) is 0 Å². The Bertz CT molecular complexity index is 1250. The molecule has 0 spiro atoms. The molecule has 3 atom stereocenters. The highest BCUT2D eigenvalue weighted by Gasteiger charge is 2.60. The minimum absolute atomic E-state index is 0.306. The van der Waals surface area contributed by atoms with Crippen molar-refractivity contribution in [2.24, 2.45) is 11.7 Å². The molecule has 4 nitrogen and oxygen atoms in total. The first-order valence-corrected chi connectivity index (χ1v) is 14.7. The van der Waals surface area contributed by atoms with Crippen LogP contribution < -0.4 is 5.73 Å². The van der Waals surface area contributed by atoms with E-state index >= 15 is 0 Å². The SMILES string of the molecule is NC12CC3=CC(S(=O)(=O)OS(c4ccccc4)(c4ccccc4)c4ccccc4)(CC(C3)C1)C2. The van der Waals surface area contributed by atoms with Crippen LogP contribution in [-0.2, 0) is 13.7 Å². The first-order chi connectivity index (χ1) is 16.3. The highest BCUT2D eigenvalue weighted by atomic mass is 32.3. The molecule has 0 aromatic heterocycles. The van der Waals surface area contributed by atoms with E-state index in [-0.39, 0.29) is 0 Å². The molecule has 176 valence electrons. The molecular weight excluding hydrogens is 462 g/mol. The molecule has 7 rings (SSSR count). The van der Waals surface area contributed by atoms with Crippen LogP contribution in [0.25, 0.3) is 0 Å². The summed E-state index contributed by atoms with van der Waals surface area (Å²) < 4.78 is 34.5. The maximum Gasteiger partial charge on any atom is 0.286 e. The largest absolute Gasteiger partial charge is 0.325 e. The number of benzene rings is 3. The molecule has 0 amide bonds. The van der Waals surface area contributed by atoms with Crippen molar-refractivity contribution in [2.75, 3.05) is 0 Å². The van der Waals surface area contributed by atoms with Gasteiger partial charge in [-0.3, -0.25) is 0 Å². The van der Waals surface area contributed by atoms with Crippen LogP contribution in [0.2, 0.25) is 0 Å². The zero-order valence-corrected chi connectivity index (χ0v) is 20.6. The average molecular weight is 492 g/mol. The first kappa shape index (κ1) is 22.1. The molecule has 3 aromatic rings. The van der Waals surface area contributed by atoms with Crippen LogP contribution in [0.3, 0.4) is 0 Å². The van der Waals surface area contributed by atoms with Gasteiger partial charge in [-0.25, -0.2) is 3.63 Å². The molecule has 4 aliphatic rings. The first-order valence-electron chi connectivity index (χ1n) is 11.8. The predicted octanol–water partition coefficient (Wildman–Crippen LogP) is 6.20. The van der Waals surface area contributed by atoms with Crippen molar-refractivity contribution in [3.63, 3.8) is 0 Å². The lowest BCUT2D eigenvalue weighted by atomic mass is 9.57. The van der Waals surface area contributed by atoms with E-state index in [0.717, 1.165) is 33.9 Å². The molecule has 3 aromatic carbocycles. The fourth-order valence-electron chi connectivity index (χ4n) is 6.47. The molecule has 0 radical (unpaired) electrons. The van der Waals surface area contributed by atoms with Gasteiger partial charge in [-0.05, 0) is 84.7 Å². The van der Waals surface area contributed by atoms with E-state index in [1.807, 2.05) is 97.1 Å². The van der Waals surface area contributed by atoms with E-state index in [9.17, 15) is 8.42 Å². The van der Waals surface area contributed by atoms with Crippen molar-refractivity contribution in [3.8, 4) is 0 Å². The van der Waals surface area contributed by atoms with Crippen molar-refractivity contribution in [1.82, 2.24) is 0 Å². The molecule has 34 heavy (non-hydrogen) atoms. The maximum atomic E-state index is 14.5. The Kier molecular flexibility index (Phi) is 5.08. The van der Waals surface area contributed by atoms with Gasteiger partial charge in [-0.1, -0.05) is 66.2 Å². The van der Waals surface area contributed by atoms with E-state index in [4.69, 9.17) is 9.36 Å². The van der Waals surface area contributed by atoms with Crippen molar-refractivity contribution in [3.05, 3.63) is 103 Å². The summed E-state index contributed by atoms with van der Waals surface area (Å²) in [5, 5.41) is 0. The fourth-order valence-corrected chi connectivity index (χ4v) is 12.7. The standard InChI is InChI=1S/C28H29NO3S2/c29-27-17-22-16-23(18-27)20-28(19-22,21-27)34(30,31)32-33(24-10-4-1-5-11-24,25-12-6-2-7-13-25)26-14-8-3-9-15-26/h1-15,19,23H,16-18,20-21,29H2. The zero-order chi connectivity index (χ0) is 23.4. The lowest BCUT2D eigenvalue weighted by molar-refractivity contribution is 0.143. The lowest BCUT2D eigenvalue weighted by Crippen LogP contribution is -2.61. The molecule has 3 unspecified atom stereocenters. The van der Waals surface area contributed by atoms with Gasteiger partial charge in [0.2, 0.25) is 0 Å². The van der Waals surface area contributed by atoms with Crippen LogP contribution in [0.1, 0.15) is 32.1 Å². The predicted molar refractivity (Wildman–Crippen MR) is 136 cm³/mol. The van der Waals surface area contributed by atoms with Crippen LogP contribution in [0.4, 0.5) is 0 Å². The monoisotopic (exact) mass is 491 g/mol. The Morgan fingerprint density at radius 1 is 0.765 bits per heavy atom. The number of hydrogen-bond donors (Lipinski definition) is 1. The van der Waals surface area contributed by atoms with E-state index in [1.54, 1.807) is 0 Å². The van der Waals surface area contributed by atoms with Gasteiger partial charge in [-0.2, -0.15) is 8.42 Å². The minimum Gasteiger partial charge on any atom is -0.325 e. The second kappa shape index (κ2) is 7.82. The van der Waals surface area contributed by atoms with E-state index in [0.29, 0.717) is 18.8 Å². The molecule has 0 saturated heterocycles. The molecule has 4 bridgehead atoms. The Morgan fingerprint density at radius 2 is 1.26 bits per heavy atom. The maximum absolute atomic E-state index is 14.5. The van der Waals surface area contributed by atoms with Crippen LogP contribution in [0.15, 0.2) is 117 Å². The van der Waals surface area contributed by atoms with Crippen LogP contribution in [-0.4, -0.2) is 18.7 Å². The van der Waals surface area contributed by atoms with E-state index < -0.39 is 30.7 Å². The van der Waals surface area contributed by atoms with Crippen molar-refractivity contribution in [1.29, 1.82) is 0 Å². The van der Waals surface area contributed by atoms with Gasteiger partial charge in [0, 0.05) is 20.2 Å². The average Bonchev–Trinajstić information content (AvgIpc) is 2.83. The smallest absolute Gasteiger partial charge is 0.286 e. The Balaban J connectivity index is 1.57. The summed E-state index contributed by atoms with van der Waals surface area (Å²) >= 11 is 0. The molecule has 2 fully saturated rings. The number of rotatable bonds is 6. The van der Waals surface area contributed by atoms with Crippen molar-refractivity contribution < 1.29 is 12.0 Å². The summed E-state index contributed by atoms with van der Waals surface area (Å²) in [5.74, 6) is 0.306. The molecule has 2 saturated carbocycles. The number of hydrogen-bond acceptors (Lipinski definition) is 4. The Morgan fingerprint density at radius 3 is 1.71 bits per heavy atom. The minimum atomic E-state index is -4.04. The second-order valence-electron chi connectivity index (χ2n) is 10.1. The van der Waals surface area contributed by atoms with Gasteiger partial charge in [0.1, 0.15) is 4.75 Å². The molecule has 6 heteroatoms. The van der Waals surface area contributed by atoms with Gasteiger partial charge in [0.25, 0.3) is 10.1 Å². The molecular formula is C28H29NO3S2. The van der Waals surface area contributed by atoms with E-state index in [1.165, 1.54) is 5.57 Å². The summed E-state index contributed by atoms with van der Waals surface area (Å²) in [5.41, 5.74) is 7.48. The van der Waals surface area contributed by atoms with Gasteiger partial charge >= 0.3 is 0 Å². The molecule has 0 heterocycles. The topological polar surface area (TPSA) is 69.4 Å². The van der Waals surface area contributed by atoms with E-state index in [2.05, 4.69) is 0 Å². The summed E-state index contributed by atoms with van der Waals surface area (Å²) in [4.78, 5) is 2.57. The van der Waals surface area contributed by atoms with Gasteiger partial charge in [0.15, 0.2) is 0 Å². The van der Waals surface area contributed by atoms with Gasteiger partial charge < -0.3 is 5.73 Å². The molecule has 2 N–H and O–H groups in total. The van der Waals surface area contributed by atoms with Crippen molar-refractivity contribution >= 4 is 20.4 Å². The van der Waals surface area contributed by atoms with Crippen LogP contribution in [0.5, 0.6) is 0 Å². The Hall–Kier alpha value is -2.38. The van der Waals surface area contributed by atoms with Gasteiger partial charge in [0.05, 0.1) is 0 Å². The summed E-state index contributed by atoms with van der Waals surface area (Å²) in [6, 6.07) is 29.4. The zero-order valence-electron chi connectivity index (χ0n) is 19.0. The fraction of sp³-hybridized carbons (Fsp3) is 0.286. The summed E-state index contributed by atoms with van der Waals surface area (Å²) in [6.07, 6.45) is 5.67. The Labute approximate surface area is 203 Å². The normalized spacial score (nSPS) is 28.5. The van der Waals surface area contributed by atoms with Crippen LogP contribution >= 0.6 is 10.3 Å². The summed E-state index contributed by atoms with van der Waals surface area (Å²) in [6.45, 7) is 0. The summed E-state index contributed by atoms with van der Waals surface area (Å²) in [7, 11) is -6.60. The highest BCUT2D eigenvalue weighted by Crippen LogP contribution is 2.71. The molecule has 4 aliphatic carbocycles. The third-order valence-electron chi connectivity index (χ3n) is 7.49. The highest BCUT2D eigenvalue weighted by molar-refractivity contribution is 8.33. The lowest BCUT2D eigenvalue weighted by Gasteiger charge is -2.56. The third-order valence-corrected chi connectivity index (χ3v) is 13.3. The number of nitrogens with two attached hydrogens (primary N) is 1. The van der Waals surface area contributed by atoms with Crippen LogP contribution in [0, 0.1) is 5.92 Å². The second-order valence-corrected chi connectivity index (χ2v) is 14.9. The van der Waals surface area contributed by atoms with Crippen molar-refractivity contribution in [2.45, 2.75) is 57.1 Å².